The van der Waals surface area contributed by atoms with Gasteiger partial charge in [-0.1, -0.05) is 6.92 Å². The molecule has 1 aliphatic rings. The van der Waals surface area contributed by atoms with Gasteiger partial charge < -0.3 is 14.6 Å². The molecule has 1 fully saturated rings. The molecule has 1 aromatic heterocycles. The molecule has 96 valence electrons. The smallest absolute Gasteiger partial charge is 0.0951 e. The molecular formula is C13H23N3O. The molecule has 0 bridgehead atoms. The van der Waals surface area contributed by atoms with Crippen molar-refractivity contribution in [1.29, 1.82) is 0 Å². The first-order valence-corrected chi connectivity index (χ1v) is 6.39. The summed E-state index contributed by atoms with van der Waals surface area (Å²) >= 11 is 0. The molecule has 2 heterocycles. The van der Waals surface area contributed by atoms with E-state index in [1.54, 1.807) is 7.11 Å². The van der Waals surface area contributed by atoms with Crippen LogP contribution in [-0.2, 0) is 10.2 Å². The largest absolute Gasteiger partial charge is 0.383 e. The minimum absolute atomic E-state index is 0.254. The summed E-state index contributed by atoms with van der Waals surface area (Å²) in [5.74, 6) is 0. The zero-order valence-corrected chi connectivity index (χ0v) is 11.1. The molecule has 1 aliphatic heterocycles. The van der Waals surface area contributed by atoms with Gasteiger partial charge in [-0.05, 0) is 32.9 Å². The third-order valence-corrected chi connectivity index (χ3v) is 3.87. The number of nitrogens with one attached hydrogen (secondary N) is 1. The molecular weight excluding hydrogens is 214 g/mol. The Balaban J connectivity index is 2.23. The van der Waals surface area contributed by atoms with E-state index < -0.39 is 0 Å². The molecule has 1 aromatic rings. The van der Waals surface area contributed by atoms with Crippen LogP contribution in [-0.4, -0.2) is 36.4 Å². The summed E-state index contributed by atoms with van der Waals surface area (Å²) in [6.45, 7) is 7.46. The van der Waals surface area contributed by atoms with Crippen LogP contribution in [0, 0.1) is 0 Å². The van der Waals surface area contributed by atoms with E-state index >= 15 is 0 Å². The lowest BCUT2D eigenvalue weighted by molar-refractivity contribution is 0.157. The zero-order valence-electron chi connectivity index (χ0n) is 11.1. The van der Waals surface area contributed by atoms with Crippen LogP contribution in [0.25, 0.3) is 0 Å². The zero-order chi connectivity index (χ0) is 12.3. The molecule has 1 atom stereocenters. The first-order chi connectivity index (χ1) is 8.17. The average molecular weight is 237 g/mol. The van der Waals surface area contributed by atoms with Gasteiger partial charge in [-0.15, -0.1) is 0 Å². The lowest BCUT2D eigenvalue weighted by Crippen LogP contribution is -2.39. The summed E-state index contributed by atoms with van der Waals surface area (Å²) in [7, 11) is 1.75. The molecule has 1 unspecified atom stereocenters. The fourth-order valence-corrected chi connectivity index (χ4v) is 2.68. The fourth-order valence-electron chi connectivity index (χ4n) is 2.68. The predicted octanol–water partition coefficient (Wildman–Crippen LogP) is 1.73. The summed E-state index contributed by atoms with van der Waals surface area (Å²) < 4.78 is 7.51. The Labute approximate surface area is 103 Å². The van der Waals surface area contributed by atoms with Crippen molar-refractivity contribution in [2.75, 3.05) is 26.8 Å². The lowest BCUT2D eigenvalue weighted by Gasteiger charge is -2.35. The van der Waals surface area contributed by atoms with Gasteiger partial charge in [-0.3, -0.25) is 0 Å². The van der Waals surface area contributed by atoms with Crippen LogP contribution < -0.4 is 5.32 Å². The first-order valence-electron chi connectivity index (χ1n) is 6.39. The number of imidazole rings is 1. The van der Waals surface area contributed by atoms with Crippen molar-refractivity contribution in [1.82, 2.24) is 14.9 Å². The lowest BCUT2D eigenvalue weighted by atomic mass is 9.78. The molecule has 0 aromatic carbocycles. The molecule has 0 amide bonds. The maximum absolute atomic E-state index is 5.24. The molecule has 4 nitrogen and oxygen atoms in total. The van der Waals surface area contributed by atoms with Crippen molar-refractivity contribution >= 4 is 0 Å². The monoisotopic (exact) mass is 237 g/mol. The topological polar surface area (TPSA) is 39.1 Å². The van der Waals surface area contributed by atoms with Crippen molar-refractivity contribution in [3.8, 4) is 0 Å². The van der Waals surface area contributed by atoms with Crippen LogP contribution in [0.4, 0.5) is 0 Å². The van der Waals surface area contributed by atoms with E-state index in [1.807, 2.05) is 12.5 Å². The van der Waals surface area contributed by atoms with Gasteiger partial charge in [-0.2, -0.15) is 0 Å². The highest BCUT2D eigenvalue weighted by Crippen LogP contribution is 2.33. The van der Waals surface area contributed by atoms with Gasteiger partial charge in [0.25, 0.3) is 0 Å². The molecule has 4 heteroatoms. The summed E-state index contributed by atoms with van der Waals surface area (Å²) in [5, 5.41) is 3.42. The Bertz CT molecular complexity index is 355. The Morgan fingerprint density at radius 2 is 2.24 bits per heavy atom. The number of piperidine rings is 1. The summed E-state index contributed by atoms with van der Waals surface area (Å²) in [4.78, 5) is 4.33. The van der Waals surface area contributed by atoms with Crippen molar-refractivity contribution in [3.05, 3.63) is 18.2 Å². The SMILES string of the molecule is COCC(C)n1cncc1C1(C)CCNCC1. The number of hydrogen-bond donors (Lipinski definition) is 1. The maximum Gasteiger partial charge on any atom is 0.0951 e. The first kappa shape index (κ1) is 12.6. The Morgan fingerprint density at radius 1 is 1.53 bits per heavy atom. The number of ether oxygens (including phenoxy) is 1. The van der Waals surface area contributed by atoms with Gasteiger partial charge in [0.1, 0.15) is 0 Å². The Hall–Kier alpha value is -0.870. The van der Waals surface area contributed by atoms with E-state index in [2.05, 4.69) is 28.7 Å². The van der Waals surface area contributed by atoms with Crippen molar-refractivity contribution in [2.45, 2.75) is 38.1 Å². The number of hydrogen-bond acceptors (Lipinski definition) is 3. The molecule has 2 rings (SSSR count). The van der Waals surface area contributed by atoms with Crippen molar-refractivity contribution in [2.24, 2.45) is 0 Å². The highest BCUT2D eigenvalue weighted by atomic mass is 16.5. The van der Waals surface area contributed by atoms with E-state index in [9.17, 15) is 0 Å². The minimum atomic E-state index is 0.254. The minimum Gasteiger partial charge on any atom is -0.383 e. The van der Waals surface area contributed by atoms with Gasteiger partial charge >= 0.3 is 0 Å². The van der Waals surface area contributed by atoms with Gasteiger partial charge in [0, 0.05) is 24.4 Å². The average Bonchev–Trinajstić information content (AvgIpc) is 2.80. The highest BCUT2D eigenvalue weighted by Gasteiger charge is 2.32. The van der Waals surface area contributed by atoms with E-state index in [4.69, 9.17) is 4.74 Å². The van der Waals surface area contributed by atoms with E-state index in [0.717, 1.165) is 19.7 Å². The van der Waals surface area contributed by atoms with E-state index in [0.29, 0.717) is 6.04 Å². The summed E-state index contributed by atoms with van der Waals surface area (Å²) in [5.41, 5.74) is 1.60. The second-order valence-electron chi connectivity index (χ2n) is 5.30. The Kier molecular flexibility index (Phi) is 3.84. The number of rotatable bonds is 4. The third-order valence-electron chi connectivity index (χ3n) is 3.87. The predicted molar refractivity (Wildman–Crippen MR) is 68.3 cm³/mol. The second-order valence-corrected chi connectivity index (χ2v) is 5.30. The van der Waals surface area contributed by atoms with Gasteiger partial charge in [0.2, 0.25) is 0 Å². The van der Waals surface area contributed by atoms with Gasteiger partial charge in [0.05, 0.1) is 19.0 Å². The molecule has 0 saturated carbocycles. The molecule has 0 radical (unpaired) electrons. The summed E-state index contributed by atoms with van der Waals surface area (Å²) in [6, 6.07) is 0.351. The summed E-state index contributed by atoms with van der Waals surface area (Å²) in [6.07, 6.45) is 6.32. The highest BCUT2D eigenvalue weighted by molar-refractivity contribution is 5.16. The van der Waals surface area contributed by atoms with Crippen molar-refractivity contribution in [3.63, 3.8) is 0 Å². The second kappa shape index (κ2) is 5.19. The van der Waals surface area contributed by atoms with E-state index in [-0.39, 0.29) is 5.41 Å². The van der Waals surface area contributed by atoms with Crippen LogP contribution >= 0.6 is 0 Å². The number of aromatic nitrogens is 2. The number of nitrogens with zero attached hydrogens (tertiary/aromatic N) is 2. The van der Waals surface area contributed by atoms with Gasteiger partial charge in [-0.25, -0.2) is 4.98 Å². The maximum atomic E-state index is 5.24. The molecule has 1 N–H and O–H groups in total. The van der Waals surface area contributed by atoms with Gasteiger partial charge in [0.15, 0.2) is 0 Å². The molecule has 1 saturated heterocycles. The standard InChI is InChI=1S/C13H23N3O/c1-11(9-17-3)16-10-15-8-12(16)13(2)4-6-14-7-5-13/h8,10-11,14H,4-7,9H2,1-3H3. The van der Waals surface area contributed by atoms with E-state index in [1.165, 1.54) is 18.5 Å². The van der Waals surface area contributed by atoms with Crippen LogP contribution in [0.1, 0.15) is 38.4 Å². The quantitative estimate of drug-likeness (QED) is 0.867. The molecule has 0 aliphatic carbocycles. The Morgan fingerprint density at radius 3 is 2.88 bits per heavy atom. The normalized spacial score (nSPS) is 21.4. The third kappa shape index (κ3) is 2.53. The molecule has 17 heavy (non-hydrogen) atoms. The fraction of sp³-hybridized carbons (Fsp3) is 0.769. The molecule has 0 spiro atoms. The van der Waals surface area contributed by atoms with Crippen LogP contribution in [0.2, 0.25) is 0 Å². The van der Waals surface area contributed by atoms with Crippen LogP contribution in [0.5, 0.6) is 0 Å². The van der Waals surface area contributed by atoms with Crippen molar-refractivity contribution < 1.29 is 4.74 Å². The van der Waals surface area contributed by atoms with Crippen LogP contribution in [0.15, 0.2) is 12.5 Å². The van der Waals surface area contributed by atoms with Crippen LogP contribution in [0.3, 0.4) is 0 Å². The number of methoxy groups -OCH3 is 1.